The summed E-state index contributed by atoms with van der Waals surface area (Å²) < 4.78 is 1.89. The summed E-state index contributed by atoms with van der Waals surface area (Å²) in [7, 11) is 0. The molecule has 0 radical (unpaired) electrons. The number of Topliss-reactive ketones (excluding diaryl/α,β-unsaturated/α-hetero) is 1. The lowest BCUT2D eigenvalue weighted by Crippen LogP contribution is -2.03. The lowest BCUT2D eigenvalue weighted by atomic mass is 9.97. The van der Waals surface area contributed by atoms with Gasteiger partial charge in [0.15, 0.2) is 16.6 Å². The normalized spacial score (nSPS) is 12.4. The lowest BCUT2D eigenvalue weighted by Gasteiger charge is -2.09. The van der Waals surface area contributed by atoms with E-state index in [1.165, 1.54) is 17.3 Å². The van der Waals surface area contributed by atoms with Gasteiger partial charge in [0.2, 0.25) is 0 Å². The number of ketones is 1. The minimum Gasteiger partial charge on any atom is -0.293 e. The fourth-order valence-corrected chi connectivity index (χ4v) is 3.18. The van der Waals surface area contributed by atoms with Crippen LogP contribution in [0.2, 0.25) is 0 Å². The third kappa shape index (κ3) is 3.45. The largest absolute Gasteiger partial charge is 0.293 e. The fraction of sp³-hybridized carbons (Fsp3) is 0.278. The minimum absolute atomic E-state index is 0.110. The molecule has 0 saturated carbocycles. The smallest absolute Gasteiger partial charge is 0.196 e. The Morgan fingerprint density at radius 3 is 2.70 bits per heavy atom. The molecular formula is C18H19N3OS. The molecule has 2 heterocycles. The monoisotopic (exact) mass is 325 g/mol. The van der Waals surface area contributed by atoms with E-state index in [1.807, 2.05) is 40.9 Å². The molecule has 23 heavy (non-hydrogen) atoms. The van der Waals surface area contributed by atoms with Crippen LogP contribution in [0.4, 0.5) is 0 Å². The average Bonchev–Trinajstić information content (AvgIpc) is 3.02. The summed E-state index contributed by atoms with van der Waals surface area (Å²) in [5.74, 6) is 0.993. The Bertz CT molecular complexity index is 811. The molecule has 0 spiro atoms. The van der Waals surface area contributed by atoms with Crippen LogP contribution in [0.1, 0.15) is 42.1 Å². The van der Waals surface area contributed by atoms with Gasteiger partial charge in [-0.15, -0.1) is 10.2 Å². The van der Waals surface area contributed by atoms with Crippen molar-refractivity contribution in [2.75, 3.05) is 5.75 Å². The van der Waals surface area contributed by atoms with E-state index >= 15 is 0 Å². The standard InChI is InChI=1S/C18H19N3OS/c1-3-13(2)14-7-9-15(10-8-14)16(22)12-23-18-20-19-17-6-4-5-11-21(17)18/h4-11,13H,3,12H2,1-2H3/t13-/m1/s1. The highest BCUT2D eigenvalue weighted by Gasteiger charge is 2.11. The molecule has 118 valence electrons. The van der Waals surface area contributed by atoms with Crippen molar-refractivity contribution in [2.45, 2.75) is 31.3 Å². The van der Waals surface area contributed by atoms with Gasteiger partial charge in [-0.05, 0) is 30.0 Å². The van der Waals surface area contributed by atoms with Crippen LogP contribution < -0.4 is 0 Å². The highest BCUT2D eigenvalue weighted by molar-refractivity contribution is 7.99. The van der Waals surface area contributed by atoms with Crippen molar-refractivity contribution < 1.29 is 4.79 Å². The average molecular weight is 325 g/mol. The number of pyridine rings is 1. The Labute approximate surface area is 139 Å². The Morgan fingerprint density at radius 1 is 1.17 bits per heavy atom. The van der Waals surface area contributed by atoms with Gasteiger partial charge in [-0.3, -0.25) is 9.20 Å². The van der Waals surface area contributed by atoms with Crippen LogP contribution in [0.3, 0.4) is 0 Å². The molecule has 5 heteroatoms. The van der Waals surface area contributed by atoms with Gasteiger partial charge in [0.05, 0.1) is 5.75 Å². The van der Waals surface area contributed by atoms with Crippen molar-refractivity contribution in [1.82, 2.24) is 14.6 Å². The van der Waals surface area contributed by atoms with E-state index in [1.54, 1.807) is 0 Å². The quantitative estimate of drug-likeness (QED) is 0.503. The number of fused-ring (bicyclic) bond motifs is 1. The van der Waals surface area contributed by atoms with E-state index in [2.05, 4.69) is 36.2 Å². The molecule has 2 aromatic heterocycles. The number of benzene rings is 1. The second kappa shape index (κ2) is 6.96. The van der Waals surface area contributed by atoms with Crippen molar-refractivity contribution in [3.63, 3.8) is 0 Å². The summed E-state index contributed by atoms with van der Waals surface area (Å²) in [5, 5.41) is 8.96. The van der Waals surface area contributed by atoms with Crippen molar-refractivity contribution >= 4 is 23.2 Å². The first-order valence-corrected chi connectivity index (χ1v) is 8.73. The number of thioether (sulfide) groups is 1. The van der Waals surface area contributed by atoms with Gasteiger partial charge in [-0.1, -0.05) is 55.9 Å². The summed E-state index contributed by atoms with van der Waals surface area (Å²) >= 11 is 1.41. The number of nitrogens with zero attached hydrogens (tertiary/aromatic N) is 3. The van der Waals surface area contributed by atoms with E-state index < -0.39 is 0 Å². The fourth-order valence-electron chi connectivity index (χ4n) is 2.36. The number of aromatic nitrogens is 3. The molecule has 0 aliphatic carbocycles. The second-order valence-electron chi connectivity index (χ2n) is 5.55. The zero-order chi connectivity index (χ0) is 16.2. The molecule has 1 atom stereocenters. The molecule has 0 unspecified atom stereocenters. The van der Waals surface area contributed by atoms with Crippen molar-refractivity contribution in [1.29, 1.82) is 0 Å². The number of carbonyl (C=O) groups excluding carboxylic acids is 1. The number of rotatable bonds is 6. The molecule has 1 aromatic carbocycles. The Balaban J connectivity index is 1.67. The van der Waals surface area contributed by atoms with Crippen molar-refractivity contribution in [2.24, 2.45) is 0 Å². The summed E-state index contributed by atoms with van der Waals surface area (Å²) in [4.78, 5) is 12.3. The van der Waals surface area contributed by atoms with Crippen LogP contribution in [0.5, 0.6) is 0 Å². The molecule has 3 aromatic rings. The van der Waals surface area contributed by atoms with Crippen molar-refractivity contribution in [3.8, 4) is 0 Å². The van der Waals surface area contributed by atoms with Gasteiger partial charge < -0.3 is 0 Å². The van der Waals surface area contributed by atoms with Gasteiger partial charge in [0, 0.05) is 11.8 Å². The maximum atomic E-state index is 12.3. The maximum absolute atomic E-state index is 12.3. The van der Waals surface area contributed by atoms with E-state index in [0.717, 1.165) is 22.8 Å². The zero-order valence-electron chi connectivity index (χ0n) is 13.3. The molecule has 0 amide bonds. The van der Waals surface area contributed by atoms with E-state index in [-0.39, 0.29) is 5.78 Å². The van der Waals surface area contributed by atoms with E-state index in [0.29, 0.717) is 11.7 Å². The predicted molar refractivity (Wildman–Crippen MR) is 93.2 cm³/mol. The van der Waals surface area contributed by atoms with Gasteiger partial charge in [0.25, 0.3) is 0 Å². The van der Waals surface area contributed by atoms with Gasteiger partial charge >= 0.3 is 0 Å². The van der Waals surface area contributed by atoms with Gasteiger partial charge in [-0.2, -0.15) is 0 Å². The SMILES string of the molecule is CC[C@@H](C)c1ccc(C(=O)CSc2nnc3ccccn23)cc1. The molecule has 0 saturated heterocycles. The summed E-state index contributed by atoms with van der Waals surface area (Å²) in [5.41, 5.74) is 2.82. The Morgan fingerprint density at radius 2 is 1.96 bits per heavy atom. The predicted octanol–water partition coefficient (Wildman–Crippen LogP) is 4.22. The summed E-state index contributed by atoms with van der Waals surface area (Å²) in [6.45, 7) is 4.37. The second-order valence-corrected chi connectivity index (χ2v) is 6.50. The molecule has 4 nitrogen and oxygen atoms in total. The van der Waals surface area contributed by atoms with Gasteiger partial charge in [-0.25, -0.2) is 0 Å². The molecule has 0 bridgehead atoms. The first-order valence-electron chi connectivity index (χ1n) is 7.74. The third-order valence-corrected chi connectivity index (χ3v) is 4.97. The van der Waals surface area contributed by atoms with E-state index in [4.69, 9.17) is 0 Å². The topological polar surface area (TPSA) is 47.3 Å². The minimum atomic E-state index is 0.110. The van der Waals surface area contributed by atoms with Gasteiger partial charge in [0.1, 0.15) is 0 Å². The summed E-state index contributed by atoms with van der Waals surface area (Å²) in [6, 6.07) is 13.7. The van der Waals surface area contributed by atoms with Crippen LogP contribution in [0.25, 0.3) is 5.65 Å². The molecule has 3 rings (SSSR count). The molecule has 0 aliphatic rings. The third-order valence-electron chi connectivity index (χ3n) is 4.03. The zero-order valence-corrected chi connectivity index (χ0v) is 14.1. The molecular weight excluding hydrogens is 306 g/mol. The van der Waals surface area contributed by atoms with Crippen molar-refractivity contribution in [3.05, 3.63) is 59.8 Å². The number of hydrogen-bond donors (Lipinski definition) is 0. The van der Waals surface area contributed by atoms with Crippen LogP contribution >= 0.6 is 11.8 Å². The van der Waals surface area contributed by atoms with Crippen LogP contribution in [0.15, 0.2) is 53.8 Å². The Hall–Kier alpha value is -2.14. The first-order chi connectivity index (χ1) is 11.2. The maximum Gasteiger partial charge on any atom is 0.196 e. The number of hydrogen-bond acceptors (Lipinski definition) is 4. The molecule has 0 fully saturated rings. The van der Waals surface area contributed by atoms with E-state index in [9.17, 15) is 4.79 Å². The number of carbonyl (C=O) groups is 1. The summed E-state index contributed by atoms with van der Waals surface area (Å²) in [6.07, 6.45) is 3.01. The van der Waals surface area contributed by atoms with Crippen LogP contribution in [0, 0.1) is 0 Å². The first kappa shape index (κ1) is 15.7. The highest BCUT2D eigenvalue weighted by Crippen LogP contribution is 2.21. The molecule has 0 N–H and O–H groups in total. The lowest BCUT2D eigenvalue weighted by molar-refractivity contribution is 0.102. The molecule has 0 aliphatic heterocycles. The Kier molecular flexibility index (Phi) is 4.76. The van der Waals surface area contributed by atoms with Crippen LogP contribution in [-0.4, -0.2) is 26.1 Å². The van der Waals surface area contributed by atoms with Crippen LogP contribution in [-0.2, 0) is 0 Å². The highest BCUT2D eigenvalue weighted by atomic mass is 32.2.